The maximum atomic E-state index is 12.9. The van der Waals surface area contributed by atoms with E-state index in [2.05, 4.69) is 5.32 Å². The van der Waals surface area contributed by atoms with Crippen LogP contribution >= 0.6 is 0 Å². The molecule has 0 saturated heterocycles. The number of nitro groups is 1. The monoisotopic (exact) mass is 228 g/mol. The zero-order valence-electron chi connectivity index (χ0n) is 8.81. The van der Waals surface area contributed by atoms with Crippen molar-refractivity contribution in [1.82, 2.24) is 0 Å². The molecule has 1 aromatic carbocycles. The fourth-order valence-corrected chi connectivity index (χ4v) is 1.22. The predicted molar refractivity (Wildman–Crippen MR) is 57.8 cm³/mol. The van der Waals surface area contributed by atoms with Crippen LogP contribution in [0.2, 0.25) is 0 Å². The predicted octanol–water partition coefficient (Wildman–Crippen LogP) is 1.92. The van der Waals surface area contributed by atoms with Gasteiger partial charge in [-0.25, -0.2) is 4.39 Å². The Labute approximate surface area is 92.1 Å². The lowest BCUT2D eigenvalue weighted by molar-refractivity contribution is -0.384. The van der Waals surface area contributed by atoms with E-state index in [0.717, 1.165) is 18.2 Å². The van der Waals surface area contributed by atoms with Crippen molar-refractivity contribution >= 4 is 11.4 Å². The lowest BCUT2D eigenvalue weighted by Crippen LogP contribution is -2.10. The highest BCUT2D eigenvalue weighted by Gasteiger charge is 2.13. The third kappa shape index (κ3) is 3.47. The molecule has 0 amide bonds. The Morgan fingerprint density at radius 1 is 1.62 bits per heavy atom. The third-order valence-electron chi connectivity index (χ3n) is 2.03. The molecular weight excluding hydrogens is 215 g/mol. The van der Waals surface area contributed by atoms with Crippen molar-refractivity contribution in [2.75, 3.05) is 11.9 Å². The lowest BCUT2D eigenvalue weighted by atomic mass is 10.2. The van der Waals surface area contributed by atoms with Crippen LogP contribution in [0.15, 0.2) is 18.2 Å². The molecule has 2 N–H and O–H groups in total. The molecule has 0 radical (unpaired) electrons. The number of halogens is 1. The highest BCUT2D eigenvalue weighted by molar-refractivity contribution is 5.61. The minimum Gasteiger partial charge on any atom is -0.393 e. The SMILES string of the molecule is CC(O)CCNc1cc(F)ccc1[N+](=O)[O-]. The van der Waals surface area contributed by atoms with Gasteiger partial charge in [-0.2, -0.15) is 0 Å². The molecule has 0 spiro atoms. The summed E-state index contributed by atoms with van der Waals surface area (Å²) in [7, 11) is 0. The first-order valence-electron chi connectivity index (χ1n) is 4.86. The number of nitro benzene ring substituents is 1. The first kappa shape index (κ1) is 12.4. The summed E-state index contributed by atoms with van der Waals surface area (Å²) in [5.41, 5.74) is -0.0438. The summed E-state index contributed by atoms with van der Waals surface area (Å²) in [4.78, 5) is 10.0. The van der Waals surface area contributed by atoms with Crippen molar-refractivity contribution in [3.8, 4) is 0 Å². The van der Waals surface area contributed by atoms with Crippen molar-refractivity contribution in [3.05, 3.63) is 34.1 Å². The van der Waals surface area contributed by atoms with Crippen LogP contribution < -0.4 is 5.32 Å². The van der Waals surface area contributed by atoms with Crippen LogP contribution in [-0.2, 0) is 0 Å². The Balaban J connectivity index is 2.76. The third-order valence-corrected chi connectivity index (χ3v) is 2.03. The summed E-state index contributed by atoms with van der Waals surface area (Å²) in [6, 6.07) is 3.22. The molecule has 0 aliphatic rings. The van der Waals surface area contributed by atoms with E-state index in [1.165, 1.54) is 0 Å². The van der Waals surface area contributed by atoms with Gasteiger partial charge in [-0.05, 0) is 19.4 Å². The second-order valence-electron chi connectivity index (χ2n) is 3.48. The minimum absolute atomic E-state index is 0.130. The van der Waals surface area contributed by atoms with Gasteiger partial charge in [-0.3, -0.25) is 10.1 Å². The number of nitrogens with one attached hydrogen (secondary N) is 1. The van der Waals surface area contributed by atoms with E-state index in [4.69, 9.17) is 5.11 Å². The second kappa shape index (κ2) is 5.41. The topological polar surface area (TPSA) is 75.4 Å². The number of hydrogen-bond acceptors (Lipinski definition) is 4. The second-order valence-corrected chi connectivity index (χ2v) is 3.48. The van der Waals surface area contributed by atoms with Crippen molar-refractivity contribution in [1.29, 1.82) is 0 Å². The van der Waals surface area contributed by atoms with Gasteiger partial charge in [0.15, 0.2) is 0 Å². The lowest BCUT2D eigenvalue weighted by Gasteiger charge is -2.08. The minimum atomic E-state index is -0.579. The van der Waals surface area contributed by atoms with Gasteiger partial charge >= 0.3 is 0 Å². The number of anilines is 1. The Bertz CT molecular complexity index is 382. The molecule has 0 aromatic heterocycles. The first-order valence-corrected chi connectivity index (χ1v) is 4.86. The fourth-order valence-electron chi connectivity index (χ4n) is 1.22. The summed E-state index contributed by atoms with van der Waals surface area (Å²) in [5, 5.41) is 22.4. The molecule has 6 heteroatoms. The quantitative estimate of drug-likeness (QED) is 0.596. The van der Waals surface area contributed by atoms with E-state index in [-0.39, 0.29) is 11.4 Å². The summed E-state index contributed by atoms with van der Waals surface area (Å²) in [6.07, 6.45) is -0.0617. The van der Waals surface area contributed by atoms with Crippen LogP contribution in [0, 0.1) is 15.9 Å². The molecule has 0 bridgehead atoms. The molecule has 0 heterocycles. The molecule has 16 heavy (non-hydrogen) atoms. The van der Waals surface area contributed by atoms with E-state index < -0.39 is 16.8 Å². The van der Waals surface area contributed by atoms with Crippen molar-refractivity contribution < 1.29 is 14.4 Å². The van der Waals surface area contributed by atoms with Gasteiger partial charge in [0.05, 0.1) is 11.0 Å². The summed E-state index contributed by atoms with van der Waals surface area (Å²) in [6.45, 7) is 1.96. The Morgan fingerprint density at radius 2 is 2.31 bits per heavy atom. The molecule has 0 aliphatic heterocycles. The van der Waals surface area contributed by atoms with Gasteiger partial charge in [0.2, 0.25) is 0 Å². The van der Waals surface area contributed by atoms with E-state index in [1.54, 1.807) is 6.92 Å². The number of aliphatic hydroxyl groups is 1. The molecular formula is C10H13FN2O3. The summed E-state index contributed by atoms with van der Waals surface area (Å²) in [5.74, 6) is -0.537. The van der Waals surface area contributed by atoms with Gasteiger partial charge in [-0.15, -0.1) is 0 Å². The molecule has 0 fully saturated rings. The van der Waals surface area contributed by atoms with Crippen LogP contribution in [0.1, 0.15) is 13.3 Å². The molecule has 0 aliphatic carbocycles. The van der Waals surface area contributed by atoms with E-state index in [9.17, 15) is 14.5 Å². The molecule has 5 nitrogen and oxygen atoms in total. The molecule has 1 unspecified atom stereocenters. The maximum Gasteiger partial charge on any atom is 0.292 e. The van der Waals surface area contributed by atoms with Gasteiger partial charge in [0, 0.05) is 18.7 Å². The summed E-state index contributed by atoms with van der Waals surface area (Å²) < 4.78 is 12.9. The van der Waals surface area contributed by atoms with Crippen molar-refractivity contribution in [2.45, 2.75) is 19.4 Å². The zero-order chi connectivity index (χ0) is 12.1. The van der Waals surface area contributed by atoms with Gasteiger partial charge < -0.3 is 10.4 Å². The van der Waals surface area contributed by atoms with E-state index in [1.807, 2.05) is 0 Å². The van der Waals surface area contributed by atoms with Crippen molar-refractivity contribution in [3.63, 3.8) is 0 Å². The Morgan fingerprint density at radius 3 is 2.88 bits per heavy atom. The summed E-state index contributed by atoms with van der Waals surface area (Å²) >= 11 is 0. The van der Waals surface area contributed by atoms with Crippen LogP contribution in [0.3, 0.4) is 0 Å². The Hall–Kier alpha value is -1.69. The van der Waals surface area contributed by atoms with Gasteiger partial charge in [0.1, 0.15) is 11.5 Å². The molecule has 1 aromatic rings. The molecule has 0 saturated carbocycles. The first-order chi connectivity index (χ1) is 7.50. The number of hydrogen-bond donors (Lipinski definition) is 2. The van der Waals surface area contributed by atoms with Crippen LogP contribution in [0.5, 0.6) is 0 Å². The largest absolute Gasteiger partial charge is 0.393 e. The smallest absolute Gasteiger partial charge is 0.292 e. The molecule has 1 rings (SSSR count). The molecule has 1 atom stereocenters. The number of rotatable bonds is 5. The average Bonchev–Trinajstić information content (AvgIpc) is 2.16. The van der Waals surface area contributed by atoms with Gasteiger partial charge in [0.25, 0.3) is 5.69 Å². The average molecular weight is 228 g/mol. The van der Waals surface area contributed by atoms with Crippen molar-refractivity contribution in [2.24, 2.45) is 0 Å². The van der Waals surface area contributed by atoms with Crippen LogP contribution in [-0.4, -0.2) is 22.7 Å². The van der Waals surface area contributed by atoms with E-state index in [0.29, 0.717) is 13.0 Å². The standard InChI is InChI=1S/C10H13FN2O3/c1-7(14)4-5-12-9-6-8(11)2-3-10(9)13(15)16/h2-3,6-7,12,14H,4-5H2,1H3. The number of aliphatic hydroxyl groups excluding tert-OH is 1. The van der Waals surface area contributed by atoms with Crippen LogP contribution in [0.4, 0.5) is 15.8 Å². The number of benzene rings is 1. The highest BCUT2D eigenvalue weighted by Crippen LogP contribution is 2.24. The number of nitrogens with zero attached hydrogens (tertiary/aromatic N) is 1. The maximum absolute atomic E-state index is 12.9. The van der Waals surface area contributed by atoms with E-state index >= 15 is 0 Å². The Kier molecular flexibility index (Phi) is 4.19. The highest BCUT2D eigenvalue weighted by atomic mass is 19.1. The van der Waals surface area contributed by atoms with Gasteiger partial charge in [-0.1, -0.05) is 0 Å². The zero-order valence-corrected chi connectivity index (χ0v) is 8.81. The fraction of sp³-hybridized carbons (Fsp3) is 0.400. The molecule has 88 valence electrons. The van der Waals surface area contributed by atoms with Crippen LogP contribution in [0.25, 0.3) is 0 Å². The normalized spacial score (nSPS) is 12.2.